The minimum absolute atomic E-state index is 0.0749. The van der Waals surface area contributed by atoms with Crippen LogP contribution in [0.2, 0.25) is 0 Å². The van der Waals surface area contributed by atoms with Crippen molar-refractivity contribution in [2.24, 2.45) is 5.92 Å². The van der Waals surface area contributed by atoms with Crippen LogP contribution in [0.4, 0.5) is 0 Å². The van der Waals surface area contributed by atoms with Gasteiger partial charge in [-0.1, -0.05) is 18.2 Å². The number of rotatable bonds is 6. The molecule has 0 saturated heterocycles. The van der Waals surface area contributed by atoms with Crippen molar-refractivity contribution < 1.29 is 14.0 Å². The first kappa shape index (κ1) is 11.4. The summed E-state index contributed by atoms with van der Waals surface area (Å²) in [5.74, 6) is 0.0621. The Kier molecular flexibility index (Phi) is 5.44. The van der Waals surface area contributed by atoms with E-state index in [4.69, 9.17) is 9.16 Å². The average Bonchev–Trinajstić information content (AvgIpc) is 2.20. The normalized spacial score (nSPS) is 21.2. The van der Waals surface area contributed by atoms with Gasteiger partial charge in [0.15, 0.2) is 15.5 Å². The molecule has 78 valence electrons. The summed E-state index contributed by atoms with van der Waals surface area (Å²) in [5, 5.41) is 0. The molecule has 0 spiro atoms. The molecule has 1 rings (SSSR count). The monoisotopic (exact) mass is 212 g/mol. The number of carbonyl (C=O) groups excluding carboxylic acids is 1. The third-order valence-electron chi connectivity index (χ3n) is 1.95. The molecule has 1 aliphatic carbocycles. The summed E-state index contributed by atoms with van der Waals surface area (Å²) in [4.78, 5) is 11.3. The van der Waals surface area contributed by atoms with E-state index in [1.54, 1.807) is 12.2 Å². The number of hydrogen-bond acceptors (Lipinski definition) is 3. The van der Waals surface area contributed by atoms with Crippen LogP contribution in [0.1, 0.15) is 6.92 Å². The van der Waals surface area contributed by atoms with Crippen LogP contribution in [0.3, 0.4) is 0 Å². The Balaban J connectivity index is 2.09. The predicted molar refractivity (Wildman–Crippen MR) is 57.8 cm³/mol. The van der Waals surface area contributed by atoms with Gasteiger partial charge in [-0.25, -0.2) is 0 Å². The lowest BCUT2D eigenvalue weighted by molar-refractivity contribution is -0.117. The lowest BCUT2D eigenvalue weighted by atomic mass is 10.0. The summed E-state index contributed by atoms with van der Waals surface area (Å²) >= 11 is 0. The molecule has 0 saturated carbocycles. The van der Waals surface area contributed by atoms with E-state index >= 15 is 0 Å². The first-order valence-corrected chi connectivity index (χ1v) is 6.46. The van der Waals surface area contributed by atoms with Crippen LogP contribution in [0.25, 0.3) is 0 Å². The molecule has 0 amide bonds. The Bertz CT molecular complexity index is 236. The lowest BCUT2D eigenvalue weighted by Gasteiger charge is -2.12. The standard InChI is InChI=1S/C10H16O3Si/c1-2-12-8-14-13-7-9-5-3-4-6-10(9)11/h3-6,9H,2,7-8,14H2,1H3. The third kappa shape index (κ3) is 4.00. The number of hydrogen-bond donors (Lipinski definition) is 0. The summed E-state index contributed by atoms with van der Waals surface area (Å²) in [6.07, 6.45) is 7.86. The predicted octanol–water partition coefficient (Wildman–Crippen LogP) is 0.392. The summed E-state index contributed by atoms with van der Waals surface area (Å²) in [7, 11) is -0.600. The number of carbonyl (C=O) groups is 1. The Hall–Kier alpha value is -0.713. The van der Waals surface area contributed by atoms with Gasteiger partial charge in [0.1, 0.15) is 0 Å². The molecule has 4 heteroatoms. The number of ketones is 1. The first-order chi connectivity index (χ1) is 6.84. The molecule has 0 aromatic heterocycles. The molecule has 0 fully saturated rings. The molecule has 3 nitrogen and oxygen atoms in total. The van der Waals surface area contributed by atoms with Gasteiger partial charge >= 0.3 is 0 Å². The first-order valence-electron chi connectivity index (χ1n) is 4.88. The topological polar surface area (TPSA) is 35.5 Å². The zero-order valence-corrected chi connectivity index (χ0v) is 9.85. The van der Waals surface area contributed by atoms with Gasteiger partial charge in [0.2, 0.25) is 0 Å². The molecule has 0 heterocycles. The van der Waals surface area contributed by atoms with Crippen LogP contribution in [0.15, 0.2) is 24.3 Å². The second-order valence-corrected chi connectivity index (χ2v) is 4.25. The molecule has 1 atom stereocenters. The minimum Gasteiger partial charge on any atom is -0.421 e. The van der Waals surface area contributed by atoms with Crippen molar-refractivity contribution in [1.29, 1.82) is 0 Å². The number of allylic oxidation sites excluding steroid dienone is 3. The molecule has 14 heavy (non-hydrogen) atoms. The molecular formula is C10H16O3Si. The van der Waals surface area contributed by atoms with Gasteiger partial charge in [0.05, 0.1) is 12.1 Å². The van der Waals surface area contributed by atoms with Crippen molar-refractivity contribution >= 4 is 15.5 Å². The van der Waals surface area contributed by atoms with Gasteiger partial charge in [-0.3, -0.25) is 4.79 Å². The maximum absolute atomic E-state index is 11.3. The van der Waals surface area contributed by atoms with Crippen molar-refractivity contribution in [2.45, 2.75) is 6.92 Å². The maximum atomic E-state index is 11.3. The minimum atomic E-state index is -0.600. The summed E-state index contributed by atoms with van der Waals surface area (Å²) < 4.78 is 10.6. The highest BCUT2D eigenvalue weighted by molar-refractivity contribution is 6.26. The summed E-state index contributed by atoms with van der Waals surface area (Å²) in [5.41, 5.74) is 0. The molecule has 0 aromatic rings. The summed E-state index contributed by atoms with van der Waals surface area (Å²) in [6.45, 7) is 3.22. The fourth-order valence-corrected chi connectivity index (χ4v) is 2.12. The van der Waals surface area contributed by atoms with Gasteiger partial charge in [-0.15, -0.1) is 0 Å². The third-order valence-corrected chi connectivity index (χ3v) is 2.93. The molecule has 1 aliphatic rings. The largest absolute Gasteiger partial charge is 0.421 e. The van der Waals surface area contributed by atoms with Crippen LogP contribution in [-0.2, 0) is 14.0 Å². The van der Waals surface area contributed by atoms with E-state index in [0.29, 0.717) is 6.61 Å². The highest BCUT2D eigenvalue weighted by Gasteiger charge is 2.14. The molecular weight excluding hydrogens is 196 g/mol. The van der Waals surface area contributed by atoms with E-state index in [1.807, 2.05) is 19.1 Å². The molecule has 0 radical (unpaired) electrons. The van der Waals surface area contributed by atoms with Gasteiger partial charge < -0.3 is 9.16 Å². The zero-order chi connectivity index (χ0) is 10.2. The molecule has 1 unspecified atom stereocenters. The van der Waals surface area contributed by atoms with E-state index < -0.39 is 9.76 Å². The molecule has 0 bridgehead atoms. The number of ether oxygens (including phenoxy) is 1. The van der Waals surface area contributed by atoms with E-state index in [9.17, 15) is 4.79 Å². The fourth-order valence-electron chi connectivity index (χ4n) is 1.18. The van der Waals surface area contributed by atoms with Crippen molar-refractivity contribution in [3.8, 4) is 0 Å². The van der Waals surface area contributed by atoms with Crippen LogP contribution in [-0.4, -0.2) is 35.0 Å². The van der Waals surface area contributed by atoms with E-state index in [2.05, 4.69) is 0 Å². The Labute approximate surface area is 86.7 Å². The average molecular weight is 212 g/mol. The molecule has 0 aliphatic heterocycles. The van der Waals surface area contributed by atoms with Crippen LogP contribution >= 0.6 is 0 Å². The van der Waals surface area contributed by atoms with Crippen molar-refractivity contribution in [3.05, 3.63) is 24.3 Å². The summed E-state index contributed by atoms with van der Waals surface area (Å²) in [6, 6.07) is 0. The highest BCUT2D eigenvalue weighted by Crippen LogP contribution is 2.07. The lowest BCUT2D eigenvalue weighted by Crippen LogP contribution is -2.20. The Morgan fingerprint density at radius 2 is 2.36 bits per heavy atom. The quantitative estimate of drug-likeness (QED) is 0.472. The zero-order valence-electron chi connectivity index (χ0n) is 8.44. The van der Waals surface area contributed by atoms with Gasteiger partial charge in [0.25, 0.3) is 0 Å². The van der Waals surface area contributed by atoms with Crippen LogP contribution in [0, 0.1) is 5.92 Å². The van der Waals surface area contributed by atoms with Crippen molar-refractivity contribution in [2.75, 3.05) is 19.4 Å². The van der Waals surface area contributed by atoms with E-state index in [-0.39, 0.29) is 11.7 Å². The van der Waals surface area contributed by atoms with Crippen molar-refractivity contribution in [3.63, 3.8) is 0 Å². The van der Waals surface area contributed by atoms with Crippen LogP contribution < -0.4 is 0 Å². The molecule has 0 N–H and O–H groups in total. The maximum Gasteiger partial charge on any atom is 0.186 e. The highest BCUT2D eigenvalue weighted by atomic mass is 28.2. The van der Waals surface area contributed by atoms with Gasteiger partial charge in [-0.2, -0.15) is 0 Å². The van der Waals surface area contributed by atoms with Gasteiger partial charge in [0, 0.05) is 13.2 Å². The molecule has 0 aromatic carbocycles. The SMILES string of the molecule is CCOC[SiH2]OCC1C=CC=CC1=O. The Morgan fingerprint density at radius 1 is 1.50 bits per heavy atom. The van der Waals surface area contributed by atoms with Gasteiger partial charge in [-0.05, 0) is 13.0 Å². The second kappa shape index (κ2) is 6.70. The Morgan fingerprint density at radius 3 is 3.07 bits per heavy atom. The van der Waals surface area contributed by atoms with Crippen LogP contribution in [0.5, 0.6) is 0 Å². The fraction of sp³-hybridized carbons (Fsp3) is 0.500. The van der Waals surface area contributed by atoms with E-state index in [0.717, 1.165) is 12.8 Å². The van der Waals surface area contributed by atoms with E-state index in [1.165, 1.54) is 0 Å². The second-order valence-electron chi connectivity index (χ2n) is 3.02. The van der Waals surface area contributed by atoms with Crippen molar-refractivity contribution in [1.82, 2.24) is 0 Å². The smallest absolute Gasteiger partial charge is 0.186 e.